The maximum atomic E-state index is 5.72. The fourth-order valence-electron chi connectivity index (χ4n) is 2.33. The Morgan fingerprint density at radius 1 is 1.42 bits per heavy atom. The van der Waals surface area contributed by atoms with Crippen molar-refractivity contribution in [2.45, 2.75) is 50.6 Å². The molecule has 0 aromatic rings. The van der Waals surface area contributed by atoms with Crippen LogP contribution in [0, 0.1) is 5.92 Å². The van der Waals surface area contributed by atoms with Crippen molar-refractivity contribution in [3.05, 3.63) is 0 Å². The van der Waals surface area contributed by atoms with E-state index in [0.717, 1.165) is 18.5 Å². The maximum Gasteiger partial charge on any atom is 0.0307 e. The van der Waals surface area contributed by atoms with Crippen molar-refractivity contribution in [1.82, 2.24) is 5.32 Å². The summed E-state index contributed by atoms with van der Waals surface area (Å²) >= 11 is 0. The molecule has 2 saturated carbocycles. The molecule has 12 heavy (non-hydrogen) atoms. The number of hydrogen-bond donors (Lipinski definition) is 2. The smallest absolute Gasteiger partial charge is 0.0307 e. The zero-order chi connectivity index (χ0) is 8.60. The minimum Gasteiger partial charge on any atom is -0.329 e. The van der Waals surface area contributed by atoms with Gasteiger partial charge in [0, 0.05) is 18.1 Å². The molecule has 70 valence electrons. The van der Waals surface area contributed by atoms with Crippen molar-refractivity contribution in [2.75, 3.05) is 6.54 Å². The molecule has 2 nitrogen and oxygen atoms in total. The molecule has 2 heteroatoms. The Hall–Kier alpha value is -0.0800. The maximum absolute atomic E-state index is 5.72. The van der Waals surface area contributed by atoms with Crippen LogP contribution in [0.4, 0.5) is 0 Å². The molecule has 0 saturated heterocycles. The number of rotatable bonds is 3. The van der Waals surface area contributed by atoms with Gasteiger partial charge in [-0.15, -0.1) is 0 Å². The minimum atomic E-state index is 0.370. The molecule has 2 fully saturated rings. The number of hydrogen-bond acceptors (Lipinski definition) is 2. The van der Waals surface area contributed by atoms with Crippen LogP contribution in [0.3, 0.4) is 0 Å². The lowest BCUT2D eigenvalue weighted by molar-refractivity contribution is 0.411. The lowest BCUT2D eigenvalue weighted by Gasteiger charge is -2.20. The van der Waals surface area contributed by atoms with Gasteiger partial charge in [-0.1, -0.05) is 6.92 Å². The van der Waals surface area contributed by atoms with Crippen LogP contribution in [0.25, 0.3) is 0 Å². The second-order valence-electron chi connectivity index (χ2n) is 4.74. The van der Waals surface area contributed by atoms with Crippen molar-refractivity contribution in [3.63, 3.8) is 0 Å². The van der Waals surface area contributed by atoms with Crippen LogP contribution < -0.4 is 11.1 Å². The summed E-state index contributed by atoms with van der Waals surface area (Å²) in [6.07, 6.45) is 6.73. The second-order valence-corrected chi connectivity index (χ2v) is 4.74. The van der Waals surface area contributed by atoms with Crippen molar-refractivity contribution in [2.24, 2.45) is 11.7 Å². The van der Waals surface area contributed by atoms with Crippen LogP contribution in [-0.4, -0.2) is 18.1 Å². The molecule has 0 radical (unpaired) electrons. The highest BCUT2D eigenvalue weighted by atomic mass is 15.1. The average Bonchev–Trinajstić information content (AvgIpc) is 2.71. The molecule has 0 aliphatic heterocycles. The van der Waals surface area contributed by atoms with E-state index in [1.165, 1.54) is 32.1 Å². The van der Waals surface area contributed by atoms with E-state index >= 15 is 0 Å². The van der Waals surface area contributed by atoms with E-state index in [-0.39, 0.29) is 0 Å². The molecule has 0 spiro atoms. The van der Waals surface area contributed by atoms with E-state index in [1.807, 2.05) is 0 Å². The molecule has 2 atom stereocenters. The summed E-state index contributed by atoms with van der Waals surface area (Å²) in [4.78, 5) is 0. The van der Waals surface area contributed by atoms with E-state index in [0.29, 0.717) is 5.54 Å². The highest BCUT2D eigenvalue weighted by Crippen LogP contribution is 2.37. The van der Waals surface area contributed by atoms with E-state index in [2.05, 4.69) is 12.2 Å². The van der Waals surface area contributed by atoms with Crippen LogP contribution in [-0.2, 0) is 0 Å². The Morgan fingerprint density at radius 2 is 2.17 bits per heavy atom. The summed E-state index contributed by atoms with van der Waals surface area (Å²) in [6, 6.07) is 0.769. The van der Waals surface area contributed by atoms with Gasteiger partial charge in [0.2, 0.25) is 0 Å². The van der Waals surface area contributed by atoms with Gasteiger partial charge in [-0.05, 0) is 38.0 Å². The molecule has 3 N–H and O–H groups in total. The van der Waals surface area contributed by atoms with Crippen LogP contribution in [0.15, 0.2) is 0 Å². The van der Waals surface area contributed by atoms with Gasteiger partial charge < -0.3 is 11.1 Å². The Bertz CT molecular complexity index is 163. The van der Waals surface area contributed by atoms with E-state index in [9.17, 15) is 0 Å². The molecule has 0 aromatic heterocycles. The summed E-state index contributed by atoms with van der Waals surface area (Å²) in [6.45, 7) is 3.18. The van der Waals surface area contributed by atoms with Gasteiger partial charge in [-0.3, -0.25) is 0 Å². The fraction of sp³-hybridized carbons (Fsp3) is 1.00. The third-order valence-corrected chi connectivity index (χ3v) is 3.45. The van der Waals surface area contributed by atoms with Gasteiger partial charge in [-0.2, -0.15) is 0 Å². The van der Waals surface area contributed by atoms with Crippen molar-refractivity contribution in [1.29, 1.82) is 0 Å². The largest absolute Gasteiger partial charge is 0.329 e. The van der Waals surface area contributed by atoms with Gasteiger partial charge in [0.25, 0.3) is 0 Å². The van der Waals surface area contributed by atoms with E-state index < -0.39 is 0 Å². The van der Waals surface area contributed by atoms with Gasteiger partial charge in [0.1, 0.15) is 0 Å². The third-order valence-electron chi connectivity index (χ3n) is 3.45. The van der Waals surface area contributed by atoms with Crippen LogP contribution in [0.1, 0.15) is 39.0 Å². The van der Waals surface area contributed by atoms with Gasteiger partial charge in [0.05, 0.1) is 0 Å². The molecule has 2 aliphatic rings. The zero-order valence-corrected chi connectivity index (χ0v) is 7.97. The second kappa shape index (κ2) is 3.00. The topological polar surface area (TPSA) is 38.0 Å². The summed E-state index contributed by atoms with van der Waals surface area (Å²) in [5.41, 5.74) is 6.09. The highest BCUT2D eigenvalue weighted by molar-refractivity contribution is 5.05. The fourth-order valence-corrected chi connectivity index (χ4v) is 2.33. The molecular weight excluding hydrogens is 148 g/mol. The van der Waals surface area contributed by atoms with Crippen LogP contribution >= 0.6 is 0 Å². The SMILES string of the molecule is CC1CCC(NC2(CN)CC2)C1. The summed E-state index contributed by atoms with van der Waals surface area (Å²) in [5, 5.41) is 3.72. The molecule has 0 bridgehead atoms. The molecule has 2 unspecified atom stereocenters. The summed E-state index contributed by atoms with van der Waals surface area (Å²) < 4.78 is 0. The Labute approximate surface area is 74.9 Å². The molecule has 2 rings (SSSR count). The lowest BCUT2D eigenvalue weighted by atomic mass is 10.1. The van der Waals surface area contributed by atoms with Crippen molar-refractivity contribution in [3.8, 4) is 0 Å². The summed E-state index contributed by atoms with van der Waals surface area (Å²) in [5.74, 6) is 0.927. The Morgan fingerprint density at radius 3 is 2.58 bits per heavy atom. The third kappa shape index (κ3) is 1.64. The molecule has 0 heterocycles. The molecular formula is C10H20N2. The highest BCUT2D eigenvalue weighted by Gasteiger charge is 2.43. The Balaban J connectivity index is 1.80. The minimum absolute atomic E-state index is 0.370. The predicted molar refractivity (Wildman–Crippen MR) is 51.0 cm³/mol. The average molecular weight is 168 g/mol. The van der Waals surface area contributed by atoms with Gasteiger partial charge in [-0.25, -0.2) is 0 Å². The summed E-state index contributed by atoms with van der Waals surface area (Å²) in [7, 11) is 0. The standard InChI is InChI=1S/C10H20N2/c1-8-2-3-9(6-8)12-10(7-11)4-5-10/h8-9,12H,2-7,11H2,1H3. The molecule has 2 aliphatic carbocycles. The van der Waals surface area contributed by atoms with E-state index in [4.69, 9.17) is 5.73 Å². The van der Waals surface area contributed by atoms with Crippen LogP contribution in [0.2, 0.25) is 0 Å². The first-order valence-electron chi connectivity index (χ1n) is 5.22. The predicted octanol–water partition coefficient (Wildman–Crippen LogP) is 1.26. The number of nitrogens with one attached hydrogen (secondary N) is 1. The first-order valence-corrected chi connectivity index (χ1v) is 5.22. The van der Waals surface area contributed by atoms with Gasteiger partial charge in [0.15, 0.2) is 0 Å². The van der Waals surface area contributed by atoms with Crippen LogP contribution in [0.5, 0.6) is 0 Å². The molecule has 0 amide bonds. The Kier molecular flexibility index (Phi) is 2.13. The van der Waals surface area contributed by atoms with Gasteiger partial charge >= 0.3 is 0 Å². The quantitative estimate of drug-likeness (QED) is 0.665. The van der Waals surface area contributed by atoms with Crippen molar-refractivity contribution >= 4 is 0 Å². The normalized spacial score (nSPS) is 38.5. The first kappa shape index (κ1) is 8.52. The zero-order valence-electron chi connectivity index (χ0n) is 7.97. The number of nitrogens with two attached hydrogens (primary N) is 1. The molecule has 0 aromatic carbocycles. The lowest BCUT2D eigenvalue weighted by Crippen LogP contribution is -2.43. The monoisotopic (exact) mass is 168 g/mol. The first-order chi connectivity index (χ1) is 5.74. The van der Waals surface area contributed by atoms with E-state index in [1.54, 1.807) is 0 Å². The van der Waals surface area contributed by atoms with Crippen molar-refractivity contribution < 1.29 is 0 Å².